The van der Waals surface area contributed by atoms with Gasteiger partial charge in [-0.15, -0.1) is 0 Å². The number of phenols is 1. The van der Waals surface area contributed by atoms with E-state index in [0.717, 1.165) is 25.7 Å². The van der Waals surface area contributed by atoms with Crippen molar-refractivity contribution < 1.29 is 5.11 Å². The lowest BCUT2D eigenvalue weighted by atomic mass is 10.0. The SMILES string of the molecule is Oc1cc2c(c3c1C3)CCc1ccccc1C2. The Morgan fingerprint density at radius 1 is 0.765 bits per heavy atom. The number of benzene rings is 2. The number of phenolic OH excluding ortho intramolecular Hbond substituents is 1. The van der Waals surface area contributed by atoms with Crippen LogP contribution in [-0.2, 0) is 25.7 Å². The van der Waals surface area contributed by atoms with E-state index in [-0.39, 0.29) is 0 Å². The lowest BCUT2D eigenvalue weighted by Gasteiger charge is -2.05. The number of aromatic hydroxyl groups is 1. The molecule has 0 bridgehead atoms. The Hall–Kier alpha value is -1.76. The van der Waals surface area contributed by atoms with E-state index in [2.05, 4.69) is 24.3 Å². The van der Waals surface area contributed by atoms with Crippen molar-refractivity contribution in [2.24, 2.45) is 0 Å². The van der Waals surface area contributed by atoms with E-state index >= 15 is 0 Å². The van der Waals surface area contributed by atoms with Gasteiger partial charge in [-0.3, -0.25) is 0 Å². The van der Waals surface area contributed by atoms with Gasteiger partial charge in [-0.2, -0.15) is 0 Å². The molecule has 0 fully saturated rings. The van der Waals surface area contributed by atoms with Crippen LogP contribution in [0.1, 0.15) is 33.4 Å². The summed E-state index contributed by atoms with van der Waals surface area (Å²) in [6.07, 6.45) is 4.26. The molecule has 1 nitrogen and oxygen atoms in total. The highest BCUT2D eigenvalue weighted by Crippen LogP contribution is 2.43. The van der Waals surface area contributed by atoms with Crippen molar-refractivity contribution in [1.82, 2.24) is 0 Å². The van der Waals surface area contributed by atoms with Crippen LogP contribution in [0.4, 0.5) is 0 Å². The Kier molecular flexibility index (Phi) is 1.71. The first kappa shape index (κ1) is 9.29. The third kappa shape index (κ3) is 1.32. The molecule has 17 heavy (non-hydrogen) atoms. The zero-order chi connectivity index (χ0) is 11.4. The zero-order valence-electron chi connectivity index (χ0n) is 9.66. The maximum Gasteiger partial charge on any atom is 0.119 e. The Labute approximate surface area is 101 Å². The molecule has 0 heterocycles. The van der Waals surface area contributed by atoms with Crippen molar-refractivity contribution in [3.05, 3.63) is 63.7 Å². The molecule has 0 aliphatic heterocycles. The van der Waals surface area contributed by atoms with E-state index < -0.39 is 0 Å². The standard InChI is InChI=1S/C16H14O/c17-16-8-12-7-11-4-2-1-3-10(11)5-6-13(12)14-9-15(14)16/h1-4,8,17H,5-7,9H2. The molecule has 84 valence electrons. The van der Waals surface area contributed by atoms with Gasteiger partial charge in [0.1, 0.15) is 5.75 Å². The molecule has 0 radical (unpaired) electrons. The van der Waals surface area contributed by atoms with Crippen molar-refractivity contribution in [3.63, 3.8) is 0 Å². The fraction of sp³-hybridized carbons (Fsp3) is 0.250. The molecule has 2 aliphatic carbocycles. The highest BCUT2D eigenvalue weighted by molar-refractivity contribution is 5.62. The average molecular weight is 222 g/mol. The van der Waals surface area contributed by atoms with E-state index in [4.69, 9.17) is 0 Å². The minimum Gasteiger partial charge on any atom is -0.508 e. The minimum atomic E-state index is 0.512. The quantitative estimate of drug-likeness (QED) is 0.620. The van der Waals surface area contributed by atoms with Crippen LogP contribution in [0.25, 0.3) is 0 Å². The van der Waals surface area contributed by atoms with Crippen LogP contribution in [0.3, 0.4) is 0 Å². The molecule has 4 rings (SSSR count). The maximum atomic E-state index is 9.87. The summed E-state index contributed by atoms with van der Waals surface area (Å²) in [7, 11) is 0. The molecule has 0 spiro atoms. The molecule has 0 unspecified atom stereocenters. The lowest BCUT2D eigenvalue weighted by molar-refractivity contribution is 0.473. The normalized spacial score (nSPS) is 15.5. The highest BCUT2D eigenvalue weighted by Gasteiger charge is 2.28. The highest BCUT2D eigenvalue weighted by atomic mass is 16.3. The van der Waals surface area contributed by atoms with Gasteiger partial charge in [-0.25, -0.2) is 0 Å². The Balaban J connectivity index is 1.89. The molecule has 0 amide bonds. The molecule has 1 heteroatoms. The molecule has 0 saturated carbocycles. The van der Waals surface area contributed by atoms with Gasteiger partial charge in [0.15, 0.2) is 0 Å². The molecular formula is C16H14O. The van der Waals surface area contributed by atoms with E-state index in [1.54, 1.807) is 0 Å². The van der Waals surface area contributed by atoms with Gasteiger partial charge in [0.2, 0.25) is 0 Å². The summed E-state index contributed by atoms with van der Waals surface area (Å²) in [6, 6.07) is 10.7. The van der Waals surface area contributed by atoms with Crippen LogP contribution < -0.4 is 0 Å². The molecule has 0 aromatic heterocycles. The van der Waals surface area contributed by atoms with Crippen molar-refractivity contribution >= 4 is 0 Å². The lowest BCUT2D eigenvalue weighted by Crippen LogP contribution is -1.92. The second-order valence-electron chi connectivity index (χ2n) is 5.11. The number of fused-ring (bicyclic) bond motifs is 4. The first-order valence-electron chi connectivity index (χ1n) is 6.25. The second-order valence-corrected chi connectivity index (χ2v) is 5.11. The number of hydrogen-bond donors (Lipinski definition) is 1. The maximum absolute atomic E-state index is 9.87. The summed E-state index contributed by atoms with van der Waals surface area (Å²) in [5, 5.41) is 9.87. The first-order valence-corrected chi connectivity index (χ1v) is 6.25. The molecule has 2 aromatic carbocycles. The molecule has 0 saturated heterocycles. The van der Waals surface area contributed by atoms with Gasteiger partial charge in [0.25, 0.3) is 0 Å². The van der Waals surface area contributed by atoms with Gasteiger partial charge in [0, 0.05) is 12.0 Å². The molecule has 2 aromatic rings. The number of aryl methyl sites for hydroxylation is 1. The monoisotopic (exact) mass is 222 g/mol. The Bertz CT molecular complexity index is 626. The van der Waals surface area contributed by atoms with Crippen LogP contribution in [0.2, 0.25) is 0 Å². The summed E-state index contributed by atoms with van der Waals surface area (Å²) in [5.74, 6) is 0.512. The van der Waals surface area contributed by atoms with Crippen molar-refractivity contribution in [3.8, 4) is 5.75 Å². The smallest absolute Gasteiger partial charge is 0.119 e. The predicted molar refractivity (Wildman–Crippen MR) is 67.6 cm³/mol. The number of hydrogen-bond acceptors (Lipinski definition) is 1. The summed E-state index contributed by atoms with van der Waals surface area (Å²) < 4.78 is 0. The fourth-order valence-electron chi connectivity index (χ4n) is 3.11. The van der Waals surface area contributed by atoms with Crippen LogP contribution in [0.15, 0.2) is 30.3 Å². The van der Waals surface area contributed by atoms with Gasteiger partial charge >= 0.3 is 0 Å². The Morgan fingerprint density at radius 3 is 2.47 bits per heavy atom. The summed E-state index contributed by atoms with van der Waals surface area (Å²) in [6.45, 7) is 0. The zero-order valence-corrected chi connectivity index (χ0v) is 9.66. The van der Waals surface area contributed by atoms with E-state index in [9.17, 15) is 5.11 Å². The van der Waals surface area contributed by atoms with Gasteiger partial charge in [-0.05, 0) is 53.1 Å². The minimum absolute atomic E-state index is 0.512. The largest absolute Gasteiger partial charge is 0.508 e. The fourth-order valence-corrected chi connectivity index (χ4v) is 3.11. The molecular weight excluding hydrogens is 208 g/mol. The third-order valence-corrected chi connectivity index (χ3v) is 4.11. The van der Waals surface area contributed by atoms with Gasteiger partial charge in [0.05, 0.1) is 0 Å². The van der Waals surface area contributed by atoms with E-state index in [1.165, 1.54) is 33.4 Å². The van der Waals surface area contributed by atoms with E-state index in [1.807, 2.05) is 6.07 Å². The number of rotatable bonds is 0. The second kappa shape index (κ2) is 3.13. The molecule has 1 N–H and O–H groups in total. The summed E-state index contributed by atoms with van der Waals surface area (Å²) in [4.78, 5) is 0. The predicted octanol–water partition coefficient (Wildman–Crippen LogP) is 2.99. The van der Waals surface area contributed by atoms with Crippen LogP contribution in [0, 0.1) is 0 Å². The average Bonchev–Trinajstić information content (AvgIpc) is 3.10. The molecule has 0 atom stereocenters. The first-order chi connectivity index (χ1) is 8.33. The molecule has 2 aliphatic rings. The summed E-state index contributed by atoms with van der Waals surface area (Å²) >= 11 is 0. The van der Waals surface area contributed by atoms with Crippen molar-refractivity contribution in [2.45, 2.75) is 25.7 Å². The Morgan fingerprint density at radius 2 is 1.59 bits per heavy atom. The summed E-state index contributed by atoms with van der Waals surface area (Å²) in [5.41, 5.74) is 8.35. The van der Waals surface area contributed by atoms with Gasteiger partial charge in [-0.1, -0.05) is 24.3 Å². The van der Waals surface area contributed by atoms with Crippen LogP contribution in [-0.4, -0.2) is 5.11 Å². The van der Waals surface area contributed by atoms with Crippen LogP contribution in [0.5, 0.6) is 5.75 Å². The van der Waals surface area contributed by atoms with E-state index in [0.29, 0.717) is 5.75 Å². The van der Waals surface area contributed by atoms with Crippen molar-refractivity contribution in [2.75, 3.05) is 0 Å². The van der Waals surface area contributed by atoms with Crippen LogP contribution >= 0.6 is 0 Å². The topological polar surface area (TPSA) is 20.2 Å². The van der Waals surface area contributed by atoms with Crippen molar-refractivity contribution in [1.29, 1.82) is 0 Å². The third-order valence-electron chi connectivity index (χ3n) is 4.11. The van der Waals surface area contributed by atoms with Gasteiger partial charge < -0.3 is 5.11 Å².